The standard InChI is InChI=1S/C21H24N2O3/c1-15-4-6-18(7-5-15)14-22-21(25)16(2)23-20(24)13-10-17-8-11-19(26-3)12-9-17/h4-13,16H,14H2,1-3H3,(H,22,25)(H,23,24)/b13-10+. The molecule has 5 nitrogen and oxygen atoms in total. The Morgan fingerprint density at radius 3 is 2.35 bits per heavy atom. The molecule has 1 unspecified atom stereocenters. The monoisotopic (exact) mass is 352 g/mol. The SMILES string of the molecule is COc1ccc(/C=C/C(=O)NC(C)C(=O)NCc2ccc(C)cc2)cc1. The summed E-state index contributed by atoms with van der Waals surface area (Å²) in [7, 11) is 1.60. The number of benzene rings is 2. The summed E-state index contributed by atoms with van der Waals surface area (Å²) in [5.74, 6) is 0.209. The van der Waals surface area contributed by atoms with Crippen LogP contribution in [0, 0.1) is 6.92 Å². The maximum Gasteiger partial charge on any atom is 0.244 e. The van der Waals surface area contributed by atoms with Crippen LogP contribution in [0.4, 0.5) is 0 Å². The largest absolute Gasteiger partial charge is 0.497 e. The number of carbonyl (C=O) groups is 2. The number of ether oxygens (including phenoxy) is 1. The van der Waals surface area contributed by atoms with E-state index in [0.717, 1.165) is 16.9 Å². The lowest BCUT2D eigenvalue weighted by atomic mass is 10.1. The van der Waals surface area contributed by atoms with Crippen LogP contribution >= 0.6 is 0 Å². The number of hydrogen-bond acceptors (Lipinski definition) is 3. The fourth-order valence-corrected chi connectivity index (χ4v) is 2.26. The third-order valence-corrected chi connectivity index (χ3v) is 3.88. The molecule has 0 aliphatic carbocycles. The summed E-state index contributed by atoms with van der Waals surface area (Å²) in [4.78, 5) is 24.1. The van der Waals surface area contributed by atoms with E-state index < -0.39 is 6.04 Å². The predicted octanol–water partition coefficient (Wildman–Crippen LogP) is 2.84. The van der Waals surface area contributed by atoms with Crippen molar-refractivity contribution in [3.8, 4) is 5.75 Å². The Bertz CT molecular complexity index is 765. The van der Waals surface area contributed by atoms with Crippen LogP contribution < -0.4 is 15.4 Å². The molecule has 5 heteroatoms. The second-order valence-electron chi connectivity index (χ2n) is 6.04. The Morgan fingerprint density at radius 1 is 1.08 bits per heavy atom. The fourth-order valence-electron chi connectivity index (χ4n) is 2.26. The second-order valence-corrected chi connectivity index (χ2v) is 6.04. The number of rotatable bonds is 7. The first-order chi connectivity index (χ1) is 12.5. The van der Waals surface area contributed by atoms with Gasteiger partial charge in [-0.05, 0) is 43.2 Å². The van der Waals surface area contributed by atoms with Crippen LogP contribution in [0.5, 0.6) is 5.75 Å². The van der Waals surface area contributed by atoms with Gasteiger partial charge in [0.1, 0.15) is 11.8 Å². The van der Waals surface area contributed by atoms with Crippen molar-refractivity contribution >= 4 is 17.9 Å². The summed E-state index contributed by atoms with van der Waals surface area (Å²) in [6, 6.07) is 14.6. The van der Waals surface area contributed by atoms with Crippen LogP contribution in [0.1, 0.15) is 23.6 Å². The van der Waals surface area contributed by atoms with Crippen LogP contribution in [0.2, 0.25) is 0 Å². The van der Waals surface area contributed by atoms with E-state index in [1.807, 2.05) is 55.5 Å². The van der Waals surface area contributed by atoms with Crippen molar-refractivity contribution in [1.82, 2.24) is 10.6 Å². The van der Waals surface area contributed by atoms with Gasteiger partial charge in [0, 0.05) is 12.6 Å². The van der Waals surface area contributed by atoms with E-state index in [1.165, 1.54) is 11.6 Å². The van der Waals surface area contributed by atoms with Gasteiger partial charge in [-0.25, -0.2) is 0 Å². The first-order valence-electron chi connectivity index (χ1n) is 8.44. The third-order valence-electron chi connectivity index (χ3n) is 3.88. The molecule has 0 heterocycles. The minimum absolute atomic E-state index is 0.225. The van der Waals surface area contributed by atoms with Gasteiger partial charge in [0.25, 0.3) is 0 Å². The summed E-state index contributed by atoms with van der Waals surface area (Å²) in [6.45, 7) is 4.10. The van der Waals surface area contributed by atoms with Gasteiger partial charge >= 0.3 is 0 Å². The normalized spacial score (nSPS) is 11.8. The molecule has 2 rings (SSSR count). The lowest BCUT2D eigenvalue weighted by Gasteiger charge is -2.13. The summed E-state index contributed by atoms with van der Waals surface area (Å²) in [5, 5.41) is 5.47. The van der Waals surface area contributed by atoms with Crippen LogP contribution in [0.3, 0.4) is 0 Å². The molecule has 26 heavy (non-hydrogen) atoms. The molecule has 0 aromatic heterocycles. The van der Waals surface area contributed by atoms with Crippen molar-refractivity contribution in [2.45, 2.75) is 26.4 Å². The molecule has 136 valence electrons. The van der Waals surface area contributed by atoms with Gasteiger partial charge in [-0.3, -0.25) is 9.59 Å². The maximum absolute atomic E-state index is 12.1. The highest BCUT2D eigenvalue weighted by Crippen LogP contribution is 2.12. The topological polar surface area (TPSA) is 67.4 Å². The Morgan fingerprint density at radius 2 is 1.73 bits per heavy atom. The Kier molecular flexibility index (Phi) is 6.97. The lowest BCUT2D eigenvalue weighted by molar-refractivity contribution is -0.126. The zero-order valence-corrected chi connectivity index (χ0v) is 15.3. The Labute approximate surface area is 154 Å². The molecule has 2 N–H and O–H groups in total. The molecular weight excluding hydrogens is 328 g/mol. The minimum atomic E-state index is -0.617. The van der Waals surface area contributed by atoms with Crippen molar-refractivity contribution in [2.24, 2.45) is 0 Å². The van der Waals surface area contributed by atoms with E-state index in [4.69, 9.17) is 4.74 Å². The van der Waals surface area contributed by atoms with Crippen molar-refractivity contribution < 1.29 is 14.3 Å². The quantitative estimate of drug-likeness (QED) is 0.753. The summed E-state index contributed by atoms with van der Waals surface area (Å²) < 4.78 is 5.09. The Balaban J connectivity index is 1.80. The molecule has 0 saturated carbocycles. The molecule has 2 amide bonds. The van der Waals surface area contributed by atoms with Crippen LogP contribution in [0.25, 0.3) is 6.08 Å². The highest BCUT2D eigenvalue weighted by molar-refractivity contribution is 5.95. The summed E-state index contributed by atoms with van der Waals surface area (Å²) >= 11 is 0. The smallest absolute Gasteiger partial charge is 0.244 e. The highest BCUT2D eigenvalue weighted by Gasteiger charge is 2.13. The zero-order chi connectivity index (χ0) is 18.9. The maximum atomic E-state index is 12.1. The fraction of sp³-hybridized carbons (Fsp3) is 0.238. The number of aryl methyl sites for hydroxylation is 1. The first-order valence-corrected chi connectivity index (χ1v) is 8.44. The molecule has 0 spiro atoms. The lowest BCUT2D eigenvalue weighted by Crippen LogP contribution is -2.44. The molecule has 0 aliphatic rings. The van der Waals surface area contributed by atoms with Crippen LogP contribution in [-0.2, 0) is 16.1 Å². The van der Waals surface area contributed by atoms with Crippen molar-refractivity contribution in [3.05, 3.63) is 71.3 Å². The molecule has 0 radical (unpaired) electrons. The summed E-state index contributed by atoms with van der Waals surface area (Å²) in [5.41, 5.74) is 3.06. The number of methoxy groups -OCH3 is 1. The van der Waals surface area contributed by atoms with Gasteiger partial charge in [-0.2, -0.15) is 0 Å². The zero-order valence-electron chi connectivity index (χ0n) is 15.3. The van der Waals surface area contributed by atoms with Gasteiger partial charge in [0.2, 0.25) is 11.8 Å². The van der Waals surface area contributed by atoms with Crippen molar-refractivity contribution in [2.75, 3.05) is 7.11 Å². The highest BCUT2D eigenvalue weighted by atomic mass is 16.5. The number of hydrogen-bond donors (Lipinski definition) is 2. The van der Waals surface area contributed by atoms with E-state index in [0.29, 0.717) is 6.54 Å². The molecule has 0 fully saturated rings. The molecule has 1 atom stereocenters. The van der Waals surface area contributed by atoms with E-state index >= 15 is 0 Å². The number of nitrogens with one attached hydrogen (secondary N) is 2. The van der Waals surface area contributed by atoms with E-state index in [2.05, 4.69) is 10.6 Å². The van der Waals surface area contributed by atoms with E-state index in [1.54, 1.807) is 20.1 Å². The molecule has 0 bridgehead atoms. The van der Waals surface area contributed by atoms with Crippen molar-refractivity contribution in [1.29, 1.82) is 0 Å². The average molecular weight is 352 g/mol. The number of amides is 2. The van der Waals surface area contributed by atoms with E-state index in [9.17, 15) is 9.59 Å². The Hall–Kier alpha value is -3.08. The average Bonchev–Trinajstić information content (AvgIpc) is 2.66. The third kappa shape index (κ3) is 6.09. The summed E-state index contributed by atoms with van der Waals surface area (Å²) in [6.07, 6.45) is 3.09. The second kappa shape index (κ2) is 9.42. The van der Waals surface area contributed by atoms with Gasteiger partial charge in [0.15, 0.2) is 0 Å². The molecular formula is C21H24N2O3. The van der Waals surface area contributed by atoms with Gasteiger partial charge in [0.05, 0.1) is 7.11 Å². The van der Waals surface area contributed by atoms with Crippen LogP contribution in [-0.4, -0.2) is 25.0 Å². The van der Waals surface area contributed by atoms with E-state index in [-0.39, 0.29) is 11.8 Å². The molecule has 2 aromatic rings. The first kappa shape index (κ1) is 19.2. The number of carbonyl (C=O) groups excluding carboxylic acids is 2. The van der Waals surface area contributed by atoms with Gasteiger partial charge in [-0.1, -0.05) is 42.0 Å². The van der Waals surface area contributed by atoms with Crippen molar-refractivity contribution in [3.63, 3.8) is 0 Å². The molecule has 2 aromatic carbocycles. The van der Waals surface area contributed by atoms with Gasteiger partial charge in [-0.15, -0.1) is 0 Å². The van der Waals surface area contributed by atoms with Crippen LogP contribution in [0.15, 0.2) is 54.6 Å². The molecule has 0 aliphatic heterocycles. The molecule has 0 saturated heterocycles. The van der Waals surface area contributed by atoms with Gasteiger partial charge < -0.3 is 15.4 Å². The predicted molar refractivity (Wildman–Crippen MR) is 103 cm³/mol. The minimum Gasteiger partial charge on any atom is -0.497 e.